The van der Waals surface area contributed by atoms with E-state index in [9.17, 15) is 4.79 Å². The number of rotatable bonds is 8. The van der Waals surface area contributed by atoms with Crippen molar-refractivity contribution in [3.8, 4) is 0 Å². The molecule has 1 heterocycles. The number of amides is 1. The molecule has 0 radical (unpaired) electrons. The number of unbranched alkanes of at least 4 members (excludes halogenated alkanes) is 5. The third-order valence-electron chi connectivity index (χ3n) is 3.45. The topological polar surface area (TPSA) is 32.3 Å². The zero-order valence-electron chi connectivity index (χ0n) is 10.8. The van der Waals surface area contributed by atoms with E-state index in [1.807, 2.05) is 11.9 Å². The van der Waals surface area contributed by atoms with Crippen LogP contribution >= 0.6 is 0 Å². The molecule has 0 saturated carbocycles. The molecule has 0 atom stereocenters. The lowest BCUT2D eigenvalue weighted by Crippen LogP contribution is -2.57. The van der Waals surface area contributed by atoms with Crippen molar-refractivity contribution >= 4 is 5.91 Å². The lowest BCUT2D eigenvalue weighted by atomic mass is 10.1. The largest absolute Gasteiger partial charge is 0.340 e. The van der Waals surface area contributed by atoms with Crippen LogP contribution in [-0.4, -0.2) is 37.0 Å². The summed E-state index contributed by atoms with van der Waals surface area (Å²) in [4.78, 5) is 13.7. The van der Waals surface area contributed by atoms with Gasteiger partial charge in [0.2, 0.25) is 5.91 Å². The molecule has 3 nitrogen and oxygen atoms in total. The Balaban J connectivity index is 1.97. The van der Waals surface area contributed by atoms with E-state index in [0.29, 0.717) is 11.9 Å². The van der Waals surface area contributed by atoms with Crippen molar-refractivity contribution in [3.05, 3.63) is 0 Å². The minimum absolute atomic E-state index is 0.321. The van der Waals surface area contributed by atoms with Gasteiger partial charge >= 0.3 is 0 Å². The van der Waals surface area contributed by atoms with Gasteiger partial charge in [0.05, 0.1) is 6.04 Å². The number of carbonyl (C=O) groups excluding carboxylic acids is 1. The second kappa shape index (κ2) is 7.66. The molecule has 0 unspecified atom stereocenters. The zero-order valence-corrected chi connectivity index (χ0v) is 10.8. The molecule has 1 fully saturated rings. The first-order valence-electron chi connectivity index (χ1n) is 6.72. The minimum Gasteiger partial charge on any atom is -0.340 e. The van der Waals surface area contributed by atoms with Gasteiger partial charge in [-0.05, 0) is 6.42 Å². The normalized spacial score (nSPS) is 15.9. The van der Waals surface area contributed by atoms with Crippen LogP contribution in [0.25, 0.3) is 0 Å². The average molecular weight is 226 g/mol. The first-order chi connectivity index (χ1) is 7.75. The Kier molecular flexibility index (Phi) is 6.46. The number of nitrogens with one attached hydrogen (secondary N) is 1. The molecule has 1 rings (SSSR count). The molecular weight excluding hydrogens is 200 g/mol. The van der Waals surface area contributed by atoms with Gasteiger partial charge in [-0.1, -0.05) is 39.0 Å². The summed E-state index contributed by atoms with van der Waals surface area (Å²) < 4.78 is 0. The van der Waals surface area contributed by atoms with Crippen molar-refractivity contribution in [2.75, 3.05) is 20.1 Å². The SMILES string of the molecule is CCCCCCCCC(=O)N(C)C1CNC1. The Morgan fingerprint density at radius 1 is 1.19 bits per heavy atom. The third-order valence-corrected chi connectivity index (χ3v) is 3.45. The summed E-state index contributed by atoms with van der Waals surface area (Å²) >= 11 is 0. The fourth-order valence-corrected chi connectivity index (χ4v) is 1.98. The number of hydrogen-bond acceptors (Lipinski definition) is 2. The van der Waals surface area contributed by atoms with Crippen LogP contribution in [-0.2, 0) is 4.79 Å². The summed E-state index contributed by atoms with van der Waals surface area (Å²) in [5.74, 6) is 0.321. The van der Waals surface area contributed by atoms with Gasteiger partial charge in [-0.25, -0.2) is 0 Å². The van der Waals surface area contributed by atoms with E-state index in [1.165, 1.54) is 32.1 Å². The van der Waals surface area contributed by atoms with Crippen LogP contribution in [0, 0.1) is 0 Å². The van der Waals surface area contributed by atoms with Crippen molar-refractivity contribution in [3.63, 3.8) is 0 Å². The summed E-state index contributed by atoms with van der Waals surface area (Å²) in [6.45, 7) is 4.17. The molecule has 0 bridgehead atoms. The van der Waals surface area contributed by atoms with Crippen molar-refractivity contribution < 1.29 is 4.79 Å². The van der Waals surface area contributed by atoms with Crippen molar-refractivity contribution in [1.29, 1.82) is 0 Å². The summed E-state index contributed by atoms with van der Waals surface area (Å²) in [6.07, 6.45) is 8.25. The third kappa shape index (κ3) is 4.52. The lowest BCUT2D eigenvalue weighted by molar-refractivity contribution is -0.133. The highest BCUT2D eigenvalue weighted by Crippen LogP contribution is 2.10. The molecule has 0 aromatic heterocycles. The van der Waals surface area contributed by atoms with Crippen LogP contribution in [0.1, 0.15) is 51.9 Å². The highest BCUT2D eigenvalue weighted by Gasteiger charge is 2.24. The Morgan fingerprint density at radius 3 is 2.38 bits per heavy atom. The quantitative estimate of drug-likeness (QED) is 0.643. The van der Waals surface area contributed by atoms with Crippen LogP contribution in [0.3, 0.4) is 0 Å². The molecule has 16 heavy (non-hydrogen) atoms. The maximum atomic E-state index is 11.8. The number of hydrogen-bond donors (Lipinski definition) is 1. The molecule has 94 valence electrons. The van der Waals surface area contributed by atoms with Crippen molar-refractivity contribution in [2.24, 2.45) is 0 Å². The molecule has 1 amide bonds. The van der Waals surface area contributed by atoms with Gasteiger partial charge in [-0.3, -0.25) is 4.79 Å². The number of carbonyl (C=O) groups is 1. The molecule has 1 N–H and O–H groups in total. The predicted molar refractivity (Wildman–Crippen MR) is 67.4 cm³/mol. The van der Waals surface area contributed by atoms with Crippen LogP contribution in [0.5, 0.6) is 0 Å². The van der Waals surface area contributed by atoms with E-state index in [4.69, 9.17) is 0 Å². The number of likely N-dealkylation sites (N-methyl/N-ethyl adjacent to an activating group) is 1. The Morgan fingerprint density at radius 2 is 1.81 bits per heavy atom. The molecule has 0 aromatic rings. The van der Waals surface area contributed by atoms with E-state index < -0.39 is 0 Å². The van der Waals surface area contributed by atoms with Crippen LogP contribution in [0.15, 0.2) is 0 Å². The van der Waals surface area contributed by atoms with Crippen LogP contribution in [0.2, 0.25) is 0 Å². The standard InChI is InChI=1S/C13H26N2O/c1-3-4-5-6-7-8-9-13(16)15(2)12-10-14-11-12/h12,14H,3-11H2,1-2H3. The number of nitrogens with zero attached hydrogens (tertiary/aromatic N) is 1. The summed E-state index contributed by atoms with van der Waals surface area (Å²) in [6, 6.07) is 0.451. The second-order valence-electron chi connectivity index (χ2n) is 4.83. The predicted octanol–water partition coefficient (Wildman–Crippen LogP) is 2.17. The Hall–Kier alpha value is -0.570. The molecule has 0 aliphatic carbocycles. The lowest BCUT2D eigenvalue weighted by Gasteiger charge is -2.35. The van der Waals surface area contributed by atoms with E-state index in [2.05, 4.69) is 12.2 Å². The minimum atomic E-state index is 0.321. The zero-order chi connectivity index (χ0) is 11.8. The second-order valence-corrected chi connectivity index (χ2v) is 4.83. The molecule has 3 heteroatoms. The van der Waals surface area contributed by atoms with Gasteiger partial charge in [0.1, 0.15) is 0 Å². The van der Waals surface area contributed by atoms with Gasteiger partial charge in [0.15, 0.2) is 0 Å². The van der Waals surface area contributed by atoms with Gasteiger partial charge in [0.25, 0.3) is 0 Å². The monoisotopic (exact) mass is 226 g/mol. The summed E-state index contributed by atoms with van der Waals surface area (Å²) in [5, 5.41) is 3.19. The van der Waals surface area contributed by atoms with Gasteiger partial charge < -0.3 is 10.2 Å². The molecule has 0 spiro atoms. The van der Waals surface area contributed by atoms with Crippen molar-refractivity contribution in [2.45, 2.75) is 57.9 Å². The highest BCUT2D eigenvalue weighted by molar-refractivity contribution is 5.76. The van der Waals surface area contributed by atoms with E-state index in [1.54, 1.807) is 0 Å². The fourth-order valence-electron chi connectivity index (χ4n) is 1.98. The van der Waals surface area contributed by atoms with Gasteiger partial charge in [0, 0.05) is 26.6 Å². The summed E-state index contributed by atoms with van der Waals surface area (Å²) in [5.41, 5.74) is 0. The smallest absolute Gasteiger partial charge is 0.222 e. The summed E-state index contributed by atoms with van der Waals surface area (Å²) in [7, 11) is 1.94. The first kappa shape index (κ1) is 13.5. The average Bonchev–Trinajstić information content (AvgIpc) is 2.20. The maximum Gasteiger partial charge on any atom is 0.222 e. The first-order valence-corrected chi connectivity index (χ1v) is 6.72. The molecular formula is C13H26N2O. The maximum absolute atomic E-state index is 11.8. The highest BCUT2D eigenvalue weighted by atomic mass is 16.2. The molecule has 1 aliphatic heterocycles. The Labute approximate surface area is 99.6 Å². The molecule has 0 aromatic carbocycles. The van der Waals surface area contributed by atoms with Gasteiger partial charge in [-0.15, -0.1) is 0 Å². The molecule has 1 saturated heterocycles. The van der Waals surface area contributed by atoms with E-state index >= 15 is 0 Å². The van der Waals surface area contributed by atoms with E-state index in [-0.39, 0.29) is 0 Å². The fraction of sp³-hybridized carbons (Fsp3) is 0.923. The van der Waals surface area contributed by atoms with E-state index in [0.717, 1.165) is 25.9 Å². The molecule has 1 aliphatic rings. The van der Waals surface area contributed by atoms with Crippen molar-refractivity contribution in [1.82, 2.24) is 10.2 Å². The van der Waals surface area contributed by atoms with Crippen LogP contribution < -0.4 is 5.32 Å². The van der Waals surface area contributed by atoms with Gasteiger partial charge in [-0.2, -0.15) is 0 Å². The Bertz CT molecular complexity index is 202. The van der Waals surface area contributed by atoms with Crippen LogP contribution in [0.4, 0.5) is 0 Å².